The molecule has 1 heteroatoms. The molecule has 0 unspecified atom stereocenters. The molecule has 0 nitrogen and oxygen atoms in total. The molecule has 0 bridgehead atoms. The van der Waals surface area contributed by atoms with E-state index in [2.05, 4.69) is 72.3 Å². The summed E-state index contributed by atoms with van der Waals surface area (Å²) in [4.78, 5) is 0. The third kappa shape index (κ3) is 2.04. The monoisotopic (exact) mass is 298 g/mol. The van der Waals surface area contributed by atoms with E-state index >= 15 is 0 Å². The molecule has 0 N–H and O–H groups in total. The summed E-state index contributed by atoms with van der Waals surface area (Å²) in [5, 5.41) is 0. The summed E-state index contributed by atoms with van der Waals surface area (Å²) >= 11 is 3.70. The van der Waals surface area contributed by atoms with Crippen molar-refractivity contribution in [1.82, 2.24) is 0 Å². The Balaban J connectivity index is 2.13. The number of halogens is 1. The van der Waals surface area contributed by atoms with Crippen LogP contribution in [0.25, 0.3) is 17.2 Å². The van der Waals surface area contributed by atoms with Crippen molar-refractivity contribution in [3.05, 3.63) is 63.1 Å². The van der Waals surface area contributed by atoms with Crippen molar-refractivity contribution < 1.29 is 0 Å². The Labute approximate surface area is 116 Å². The van der Waals surface area contributed by atoms with Gasteiger partial charge < -0.3 is 0 Å². The van der Waals surface area contributed by atoms with Crippen LogP contribution in [0.1, 0.15) is 23.6 Å². The molecule has 2 aromatic carbocycles. The summed E-state index contributed by atoms with van der Waals surface area (Å²) in [5.74, 6) is 0. The van der Waals surface area contributed by atoms with E-state index in [1.54, 1.807) is 0 Å². The van der Waals surface area contributed by atoms with Crippen LogP contribution in [0.5, 0.6) is 0 Å². The number of aryl methyl sites for hydroxylation is 1. The third-order valence-corrected chi connectivity index (χ3v) is 4.12. The Kier molecular flexibility index (Phi) is 2.87. The van der Waals surface area contributed by atoms with Crippen molar-refractivity contribution >= 4 is 22.0 Å². The van der Waals surface area contributed by atoms with E-state index in [4.69, 9.17) is 0 Å². The predicted octanol–water partition coefficient (Wildman–Crippen LogP) is 5.38. The van der Waals surface area contributed by atoms with Gasteiger partial charge in [-0.05, 0) is 54.7 Å². The Morgan fingerprint density at radius 1 is 1.00 bits per heavy atom. The lowest BCUT2D eigenvalue weighted by Crippen LogP contribution is -1.87. The van der Waals surface area contributed by atoms with Crippen LogP contribution in [0, 0.1) is 6.92 Å². The molecule has 0 radical (unpaired) electrons. The van der Waals surface area contributed by atoms with Gasteiger partial charge in [0.15, 0.2) is 0 Å². The van der Waals surface area contributed by atoms with Gasteiger partial charge in [-0.1, -0.05) is 57.4 Å². The van der Waals surface area contributed by atoms with Crippen LogP contribution in [0.3, 0.4) is 0 Å². The summed E-state index contributed by atoms with van der Waals surface area (Å²) in [6, 6.07) is 13.3. The van der Waals surface area contributed by atoms with Gasteiger partial charge in [0.1, 0.15) is 0 Å². The number of hydrogen-bond acceptors (Lipinski definition) is 0. The predicted molar refractivity (Wildman–Crippen MR) is 81.7 cm³/mol. The SMILES string of the molecule is CC1=Cc2cc(-c3ccc(C)cc3)c(Br)cc2C1. The van der Waals surface area contributed by atoms with Crippen molar-refractivity contribution in [2.75, 3.05) is 0 Å². The second kappa shape index (κ2) is 4.40. The summed E-state index contributed by atoms with van der Waals surface area (Å²) < 4.78 is 1.19. The second-order valence-corrected chi connectivity index (χ2v) is 5.92. The molecule has 0 amide bonds. The number of rotatable bonds is 1. The first-order valence-corrected chi connectivity index (χ1v) is 6.99. The van der Waals surface area contributed by atoms with Crippen LogP contribution >= 0.6 is 15.9 Å². The standard InChI is InChI=1S/C17H15Br/c1-11-3-5-13(6-4-11)16-9-14-7-12(2)8-15(14)10-17(16)18/h3-7,9-10H,8H2,1-2H3. The van der Waals surface area contributed by atoms with Gasteiger partial charge in [-0.2, -0.15) is 0 Å². The quantitative estimate of drug-likeness (QED) is 0.663. The molecule has 0 spiro atoms. The Bertz CT molecular complexity index is 633. The highest BCUT2D eigenvalue weighted by molar-refractivity contribution is 9.10. The van der Waals surface area contributed by atoms with Gasteiger partial charge >= 0.3 is 0 Å². The number of benzene rings is 2. The van der Waals surface area contributed by atoms with E-state index in [-0.39, 0.29) is 0 Å². The van der Waals surface area contributed by atoms with E-state index < -0.39 is 0 Å². The van der Waals surface area contributed by atoms with E-state index in [9.17, 15) is 0 Å². The van der Waals surface area contributed by atoms with Crippen LogP contribution in [-0.2, 0) is 6.42 Å². The minimum Gasteiger partial charge on any atom is -0.0683 e. The molecular weight excluding hydrogens is 284 g/mol. The molecule has 1 aliphatic rings. The van der Waals surface area contributed by atoms with Crippen LogP contribution < -0.4 is 0 Å². The van der Waals surface area contributed by atoms with Crippen molar-refractivity contribution in [2.24, 2.45) is 0 Å². The first kappa shape index (κ1) is 11.7. The minimum atomic E-state index is 1.09. The Morgan fingerprint density at radius 3 is 2.44 bits per heavy atom. The highest BCUT2D eigenvalue weighted by Gasteiger charge is 2.13. The third-order valence-electron chi connectivity index (χ3n) is 3.46. The van der Waals surface area contributed by atoms with Crippen molar-refractivity contribution in [3.8, 4) is 11.1 Å². The first-order chi connectivity index (χ1) is 8.63. The van der Waals surface area contributed by atoms with Gasteiger partial charge in [-0.25, -0.2) is 0 Å². The lowest BCUT2D eigenvalue weighted by atomic mass is 10.00. The van der Waals surface area contributed by atoms with Gasteiger partial charge in [0.05, 0.1) is 0 Å². The Morgan fingerprint density at radius 2 is 1.72 bits per heavy atom. The molecule has 0 atom stereocenters. The molecule has 0 heterocycles. The smallest absolute Gasteiger partial charge is 0.0257 e. The molecule has 2 aromatic rings. The molecule has 18 heavy (non-hydrogen) atoms. The average Bonchev–Trinajstić information content (AvgIpc) is 2.68. The molecule has 0 aliphatic heterocycles. The van der Waals surface area contributed by atoms with Gasteiger partial charge in [0.2, 0.25) is 0 Å². The van der Waals surface area contributed by atoms with Crippen molar-refractivity contribution in [3.63, 3.8) is 0 Å². The highest BCUT2D eigenvalue weighted by atomic mass is 79.9. The molecule has 0 aromatic heterocycles. The lowest BCUT2D eigenvalue weighted by molar-refractivity contribution is 1.19. The molecular formula is C17H15Br. The summed E-state index contributed by atoms with van der Waals surface area (Å²) in [6.45, 7) is 4.31. The van der Waals surface area contributed by atoms with E-state index in [0.717, 1.165) is 6.42 Å². The van der Waals surface area contributed by atoms with Crippen molar-refractivity contribution in [1.29, 1.82) is 0 Å². The van der Waals surface area contributed by atoms with Crippen LogP contribution in [0.2, 0.25) is 0 Å². The summed E-state index contributed by atoms with van der Waals surface area (Å²) in [5.41, 5.74) is 8.08. The second-order valence-electron chi connectivity index (χ2n) is 5.06. The van der Waals surface area contributed by atoms with Gasteiger partial charge in [0.25, 0.3) is 0 Å². The summed E-state index contributed by atoms with van der Waals surface area (Å²) in [7, 11) is 0. The molecule has 90 valence electrons. The maximum Gasteiger partial charge on any atom is 0.0257 e. The van der Waals surface area contributed by atoms with Crippen LogP contribution in [0.15, 0.2) is 46.4 Å². The molecule has 3 rings (SSSR count). The van der Waals surface area contributed by atoms with Gasteiger partial charge in [0, 0.05) is 4.47 Å². The average molecular weight is 299 g/mol. The minimum absolute atomic E-state index is 1.09. The van der Waals surface area contributed by atoms with E-state index in [1.165, 1.54) is 37.9 Å². The largest absolute Gasteiger partial charge is 0.0683 e. The fraction of sp³-hybridized carbons (Fsp3) is 0.176. The van der Waals surface area contributed by atoms with E-state index in [1.807, 2.05) is 0 Å². The zero-order chi connectivity index (χ0) is 12.7. The van der Waals surface area contributed by atoms with Crippen molar-refractivity contribution in [2.45, 2.75) is 20.3 Å². The Hall–Kier alpha value is -1.34. The normalized spacial score (nSPS) is 13.4. The maximum absolute atomic E-state index is 3.70. The fourth-order valence-electron chi connectivity index (χ4n) is 2.49. The molecule has 0 fully saturated rings. The molecule has 0 saturated heterocycles. The van der Waals surface area contributed by atoms with E-state index in [0.29, 0.717) is 0 Å². The number of fused-ring (bicyclic) bond motifs is 1. The molecule has 0 saturated carbocycles. The topological polar surface area (TPSA) is 0 Å². The summed E-state index contributed by atoms with van der Waals surface area (Å²) in [6.07, 6.45) is 3.38. The van der Waals surface area contributed by atoms with Crippen LogP contribution in [-0.4, -0.2) is 0 Å². The zero-order valence-electron chi connectivity index (χ0n) is 10.6. The van der Waals surface area contributed by atoms with Gasteiger partial charge in [-0.3, -0.25) is 0 Å². The van der Waals surface area contributed by atoms with Gasteiger partial charge in [-0.15, -0.1) is 0 Å². The first-order valence-electron chi connectivity index (χ1n) is 6.20. The maximum atomic E-state index is 3.70. The zero-order valence-corrected chi connectivity index (χ0v) is 12.2. The number of hydrogen-bond donors (Lipinski definition) is 0. The highest BCUT2D eigenvalue weighted by Crippen LogP contribution is 2.35. The lowest BCUT2D eigenvalue weighted by Gasteiger charge is -2.09. The number of allylic oxidation sites excluding steroid dienone is 1. The fourth-order valence-corrected chi connectivity index (χ4v) is 3.11. The molecule has 1 aliphatic carbocycles. The van der Waals surface area contributed by atoms with Crippen LogP contribution in [0.4, 0.5) is 0 Å².